The predicted octanol–water partition coefficient (Wildman–Crippen LogP) is 0.887. The van der Waals surface area contributed by atoms with Gasteiger partial charge in [0.15, 0.2) is 0 Å². The number of rotatable bonds is 5. The summed E-state index contributed by atoms with van der Waals surface area (Å²) in [5.41, 5.74) is 5.78. The van der Waals surface area contributed by atoms with Crippen LogP contribution in [0.4, 0.5) is 0 Å². The predicted molar refractivity (Wildman–Crippen MR) is 111 cm³/mol. The molecule has 0 bridgehead atoms. The maximum Gasteiger partial charge on any atom is 0.332 e. The standard InChI is InChI=1S/C17H25N5O3.2ClH/c1-9(2)6-11(8-18)19-15(23)12-7-10(3)13-14(20-12)21(4)17(25)22(5)16(13)24;;/h7,9,11H,6,8,18H2,1-5H3,(H,19,23);2*1H. The van der Waals surface area contributed by atoms with Crippen molar-refractivity contribution in [1.82, 2.24) is 19.4 Å². The Kier molecular flexibility index (Phi) is 9.17. The lowest BCUT2D eigenvalue weighted by Gasteiger charge is -2.19. The van der Waals surface area contributed by atoms with Crippen molar-refractivity contribution in [2.24, 2.45) is 25.7 Å². The minimum atomic E-state index is -0.485. The van der Waals surface area contributed by atoms with Crippen molar-refractivity contribution in [2.75, 3.05) is 6.54 Å². The average Bonchev–Trinajstić information content (AvgIpc) is 2.56. The quantitative estimate of drug-likeness (QED) is 0.746. The van der Waals surface area contributed by atoms with Crippen LogP contribution in [0.1, 0.15) is 36.3 Å². The first-order chi connectivity index (χ1) is 11.7. The highest BCUT2D eigenvalue weighted by molar-refractivity contribution is 5.95. The van der Waals surface area contributed by atoms with Gasteiger partial charge in [-0.15, -0.1) is 24.8 Å². The largest absolute Gasteiger partial charge is 0.347 e. The summed E-state index contributed by atoms with van der Waals surface area (Å²) in [6.45, 7) is 6.16. The third-order valence-corrected chi connectivity index (χ3v) is 4.22. The number of carbonyl (C=O) groups is 1. The molecule has 0 aliphatic heterocycles. The molecule has 0 fully saturated rings. The Bertz CT molecular complexity index is 937. The van der Waals surface area contributed by atoms with Crippen molar-refractivity contribution >= 4 is 41.8 Å². The van der Waals surface area contributed by atoms with Gasteiger partial charge in [-0.05, 0) is 30.9 Å². The van der Waals surface area contributed by atoms with Crippen LogP contribution in [0.15, 0.2) is 15.7 Å². The summed E-state index contributed by atoms with van der Waals surface area (Å²) in [6, 6.07) is 1.41. The number of hydrogen-bond donors (Lipinski definition) is 2. The molecule has 0 aliphatic carbocycles. The van der Waals surface area contributed by atoms with E-state index >= 15 is 0 Å². The van der Waals surface area contributed by atoms with Crippen LogP contribution in [-0.4, -0.2) is 32.6 Å². The minimum Gasteiger partial charge on any atom is -0.347 e. The molecule has 0 spiro atoms. The number of nitrogens with two attached hydrogens (primary N) is 1. The average molecular weight is 420 g/mol. The van der Waals surface area contributed by atoms with E-state index in [0.717, 1.165) is 11.0 Å². The van der Waals surface area contributed by atoms with E-state index in [-0.39, 0.29) is 48.1 Å². The molecule has 152 valence electrons. The molecule has 0 radical (unpaired) electrons. The molecule has 1 atom stereocenters. The van der Waals surface area contributed by atoms with Crippen LogP contribution in [0.5, 0.6) is 0 Å². The molecule has 0 aromatic carbocycles. The second kappa shape index (κ2) is 9.87. The van der Waals surface area contributed by atoms with E-state index in [2.05, 4.69) is 24.1 Å². The van der Waals surface area contributed by atoms with Crippen LogP contribution in [-0.2, 0) is 14.1 Å². The minimum absolute atomic E-state index is 0. The van der Waals surface area contributed by atoms with Crippen molar-refractivity contribution in [1.29, 1.82) is 0 Å². The molecule has 2 aromatic heterocycles. The number of nitrogens with one attached hydrogen (secondary N) is 1. The summed E-state index contributed by atoms with van der Waals surface area (Å²) in [6.07, 6.45) is 0.758. The van der Waals surface area contributed by atoms with Gasteiger partial charge in [0, 0.05) is 26.7 Å². The van der Waals surface area contributed by atoms with Crippen LogP contribution in [0.2, 0.25) is 0 Å². The molecule has 10 heteroatoms. The van der Waals surface area contributed by atoms with Gasteiger partial charge in [-0.3, -0.25) is 18.7 Å². The first-order valence-corrected chi connectivity index (χ1v) is 8.25. The number of carbonyl (C=O) groups excluding carboxylic acids is 1. The van der Waals surface area contributed by atoms with Gasteiger partial charge in [-0.2, -0.15) is 0 Å². The van der Waals surface area contributed by atoms with Crippen molar-refractivity contribution in [3.05, 3.63) is 38.2 Å². The van der Waals surface area contributed by atoms with E-state index in [9.17, 15) is 14.4 Å². The second-order valence-corrected chi connectivity index (χ2v) is 6.76. The molecule has 2 aromatic rings. The Labute approximate surface area is 170 Å². The van der Waals surface area contributed by atoms with E-state index < -0.39 is 11.2 Å². The zero-order valence-electron chi connectivity index (χ0n) is 16.1. The molecule has 1 amide bonds. The van der Waals surface area contributed by atoms with Gasteiger partial charge in [-0.25, -0.2) is 9.78 Å². The first-order valence-electron chi connectivity index (χ1n) is 8.25. The van der Waals surface area contributed by atoms with E-state index in [0.29, 0.717) is 23.4 Å². The molecule has 0 aliphatic rings. The smallest absolute Gasteiger partial charge is 0.332 e. The van der Waals surface area contributed by atoms with Crippen molar-refractivity contribution in [2.45, 2.75) is 33.2 Å². The summed E-state index contributed by atoms with van der Waals surface area (Å²) in [4.78, 5) is 41.3. The van der Waals surface area contributed by atoms with Crippen molar-refractivity contribution in [3.8, 4) is 0 Å². The number of pyridine rings is 1. The number of aromatic nitrogens is 3. The Morgan fingerprint density at radius 2 is 1.81 bits per heavy atom. The highest BCUT2D eigenvalue weighted by Gasteiger charge is 2.19. The summed E-state index contributed by atoms with van der Waals surface area (Å²) in [7, 11) is 2.95. The third kappa shape index (κ3) is 5.09. The fourth-order valence-corrected chi connectivity index (χ4v) is 2.89. The monoisotopic (exact) mass is 419 g/mol. The summed E-state index contributed by atoms with van der Waals surface area (Å²) < 4.78 is 2.30. The van der Waals surface area contributed by atoms with Gasteiger partial charge in [0.1, 0.15) is 11.3 Å². The van der Waals surface area contributed by atoms with Gasteiger partial charge >= 0.3 is 5.69 Å². The topological polar surface area (TPSA) is 112 Å². The second-order valence-electron chi connectivity index (χ2n) is 6.76. The summed E-state index contributed by atoms with van der Waals surface area (Å²) in [5, 5.41) is 3.20. The maximum absolute atomic E-state index is 12.5. The normalized spacial score (nSPS) is 11.7. The van der Waals surface area contributed by atoms with Crippen molar-refractivity contribution in [3.63, 3.8) is 0 Å². The molecule has 2 heterocycles. The Hall–Kier alpha value is -1.90. The van der Waals surface area contributed by atoms with Gasteiger partial charge < -0.3 is 11.1 Å². The molecule has 0 saturated carbocycles. The number of hydrogen-bond acceptors (Lipinski definition) is 5. The van der Waals surface area contributed by atoms with Gasteiger partial charge in [0.25, 0.3) is 11.5 Å². The number of halogens is 2. The highest BCUT2D eigenvalue weighted by Crippen LogP contribution is 2.13. The molecular weight excluding hydrogens is 393 g/mol. The molecule has 2 rings (SSSR count). The zero-order chi connectivity index (χ0) is 18.9. The van der Waals surface area contributed by atoms with E-state index in [1.165, 1.54) is 18.7 Å². The van der Waals surface area contributed by atoms with Crippen LogP contribution in [0.25, 0.3) is 11.0 Å². The molecule has 1 unspecified atom stereocenters. The number of fused-ring (bicyclic) bond motifs is 1. The Morgan fingerprint density at radius 1 is 1.22 bits per heavy atom. The van der Waals surface area contributed by atoms with E-state index in [4.69, 9.17) is 5.73 Å². The van der Waals surface area contributed by atoms with Gasteiger partial charge in [-0.1, -0.05) is 13.8 Å². The summed E-state index contributed by atoms with van der Waals surface area (Å²) in [5.74, 6) is 0.0261. The van der Waals surface area contributed by atoms with Crippen LogP contribution < -0.4 is 22.3 Å². The Morgan fingerprint density at radius 3 is 2.33 bits per heavy atom. The molecular formula is C17H27Cl2N5O3. The molecule has 27 heavy (non-hydrogen) atoms. The van der Waals surface area contributed by atoms with E-state index in [1.807, 2.05) is 0 Å². The summed E-state index contributed by atoms with van der Waals surface area (Å²) >= 11 is 0. The van der Waals surface area contributed by atoms with Gasteiger partial charge in [0.2, 0.25) is 0 Å². The zero-order valence-corrected chi connectivity index (χ0v) is 17.7. The van der Waals surface area contributed by atoms with E-state index in [1.54, 1.807) is 13.0 Å². The molecule has 3 N–H and O–H groups in total. The van der Waals surface area contributed by atoms with Crippen LogP contribution in [0, 0.1) is 12.8 Å². The number of nitrogens with zero attached hydrogens (tertiary/aromatic N) is 3. The van der Waals surface area contributed by atoms with Crippen LogP contribution >= 0.6 is 24.8 Å². The van der Waals surface area contributed by atoms with Gasteiger partial charge in [0.05, 0.1) is 5.39 Å². The SMILES string of the molecule is Cc1cc(C(=O)NC(CN)CC(C)C)nc2c1c(=O)n(C)c(=O)n2C.Cl.Cl. The van der Waals surface area contributed by atoms with Crippen LogP contribution in [0.3, 0.4) is 0 Å². The maximum atomic E-state index is 12.5. The fourth-order valence-electron chi connectivity index (χ4n) is 2.89. The fraction of sp³-hybridized carbons (Fsp3) is 0.529. The Balaban J connectivity index is 0.00000338. The number of aryl methyl sites for hydroxylation is 2. The lowest BCUT2D eigenvalue weighted by molar-refractivity contribution is 0.0929. The molecule has 0 saturated heterocycles. The first kappa shape index (κ1) is 25.1. The lowest BCUT2D eigenvalue weighted by atomic mass is 10.0. The van der Waals surface area contributed by atoms with Crippen molar-refractivity contribution < 1.29 is 4.79 Å². The highest BCUT2D eigenvalue weighted by atomic mass is 35.5. The third-order valence-electron chi connectivity index (χ3n) is 4.22. The lowest BCUT2D eigenvalue weighted by Crippen LogP contribution is -2.42. The number of amides is 1. The molecule has 8 nitrogen and oxygen atoms in total.